The summed E-state index contributed by atoms with van der Waals surface area (Å²) in [6.07, 6.45) is 1.48. The van der Waals surface area contributed by atoms with Gasteiger partial charge in [0.1, 0.15) is 12.4 Å². The molecule has 0 aromatic heterocycles. The fourth-order valence-corrected chi connectivity index (χ4v) is 3.01. The van der Waals surface area contributed by atoms with Crippen LogP contribution in [0.25, 0.3) is 0 Å². The van der Waals surface area contributed by atoms with Crippen LogP contribution in [0.15, 0.2) is 65.8 Å². The van der Waals surface area contributed by atoms with Crippen LogP contribution in [0.5, 0.6) is 5.75 Å². The molecule has 5 nitrogen and oxygen atoms in total. The zero-order valence-electron chi connectivity index (χ0n) is 16.0. The van der Waals surface area contributed by atoms with E-state index in [0.717, 1.165) is 11.1 Å². The number of benzene rings is 3. The molecule has 150 valence electrons. The van der Waals surface area contributed by atoms with E-state index in [4.69, 9.17) is 33.2 Å². The highest BCUT2D eigenvalue weighted by atomic mass is 35.5. The standard InChI is InChI=1S/C23H17Cl2N3O2/c1-15-6-8-17(11-20(15)24)23(29)28-27-13-16-7-9-22(21(25)10-16)30-14-19-5-3-2-4-18(19)12-26/h2-11,13H,14H2,1H3,(H,28,29)/b27-13-. The van der Waals surface area contributed by atoms with E-state index in [0.29, 0.717) is 32.5 Å². The minimum atomic E-state index is -0.365. The van der Waals surface area contributed by atoms with E-state index in [1.165, 1.54) is 6.21 Å². The van der Waals surface area contributed by atoms with Crippen LogP contribution in [0, 0.1) is 18.3 Å². The van der Waals surface area contributed by atoms with Gasteiger partial charge in [-0.05, 0) is 54.4 Å². The van der Waals surface area contributed by atoms with Crippen LogP contribution in [-0.2, 0) is 6.61 Å². The van der Waals surface area contributed by atoms with Crippen LogP contribution >= 0.6 is 23.2 Å². The lowest BCUT2D eigenvalue weighted by atomic mass is 10.1. The van der Waals surface area contributed by atoms with Crippen molar-refractivity contribution in [1.29, 1.82) is 5.26 Å². The first-order valence-electron chi connectivity index (χ1n) is 8.98. The van der Waals surface area contributed by atoms with Gasteiger partial charge >= 0.3 is 0 Å². The molecule has 0 aliphatic heterocycles. The van der Waals surface area contributed by atoms with Crippen LogP contribution in [0.3, 0.4) is 0 Å². The third-order valence-corrected chi connectivity index (χ3v) is 4.99. The van der Waals surface area contributed by atoms with Crippen molar-refractivity contribution in [3.63, 3.8) is 0 Å². The quantitative estimate of drug-likeness (QED) is 0.407. The molecule has 30 heavy (non-hydrogen) atoms. The monoisotopic (exact) mass is 437 g/mol. The number of nitrogens with zero attached hydrogens (tertiary/aromatic N) is 2. The molecule has 0 fully saturated rings. The SMILES string of the molecule is Cc1ccc(C(=O)N/N=C\c2ccc(OCc3ccccc3C#N)c(Cl)c2)cc1Cl. The van der Waals surface area contributed by atoms with Crippen LogP contribution in [0.2, 0.25) is 10.0 Å². The maximum absolute atomic E-state index is 12.1. The summed E-state index contributed by atoms with van der Waals surface area (Å²) in [5.41, 5.74) is 5.79. The molecule has 1 N–H and O–H groups in total. The average molecular weight is 438 g/mol. The zero-order chi connectivity index (χ0) is 21.5. The summed E-state index contributed by atoms with van der Waals surface area (Å²) in [6.45, 7) is 2.09. The van der Waals surface area contributed by atoms with E-state index in [2.05, 4.69) is 16.6 Å². The molecule has 0 bridgehead atoms. The van der Waals surface area contributed by atoms with Gasteiger partial charge in [-0.2, -0.15) is 10.4 Å². The lowest BCUT2D eigenvalue weighted by Gasteiger charge is -2.09. The number of halogens is 2. The van der Waals surface area contributed by atoms with Gasteiger partial charge in [-0.15, -0.1) is 0 Å². The Morgan fingerprint density at radius 1 is 1.13 bits per heavy atom. The second kappa shape index (κ2) is 9.93. The second-order valence-electron chi connectivity index (χ2n) is 6.41. The van der Waals surface area contributed by atoms with Gasteiger partial charge in [-0.25, -0.2) is 5.43 Å². The molecule has 0 atom stereocenters. The van der Waals surface area contributed by atoms with Gasteiger partial charge in [-0.3, -0.25) is 4.79 Å². The first kappa shape index (κ1) is 21.4. The molecular weight excluding hydrogens is 421 g/mol. The van der Waals surface area contributed by atoms with Crippen LogP contribution in [0.4, 0.5) is 0 Å². The van der Waals surface area contributed by atoms with Crippen LogP contribution in [-0.4, -0.2) is 12.1 Å². The Morgan fingerprint density at radius 3 is 2.67 bits per heavy atom. The molecule has 0 aliphatic carbocycles. The van der Waals surface area contributed by atoms with Crippen molar-refractivity contribution >= 4 is 35.3 Å². The number of hydrogen-bond acceptors (Lipinski definition) is 4. The molecule has 0 unspecified atom stereocenters. The first-order valence-corrected chi connectivity index (χ1v) is 9.73. The summed E-state index contributed by atoms with van der Waals surface area (Å²) in [5.74, 6) is 0.121. The Balaban J connectivity index is 1.61. The normalized spacial score (nSPS) is 10.6. The maximum Gasteiger partial charge on any atom is 0.271 e. The number of hydrazone groups is 1. The van der Waals surface area contributed by atoms with Crippen molar-refractivity contribution in [2.75, 3.05) is 0 Å². The largest absolute Gasteiger partial charge is 0.487 e. The number of carbonyl (C=O) groups excluding carboxylic acids is 1. The van der Waals surface area contributed by atoms with Crippen molar-refractivity contribution in [2.45, 2.75) is 13.5 Å². The second-order valence-corrected chi connectivity index (χ2v) is 7.22. The number of hydrogen-bond donors (Lipinski definition) is 1. The van der Waals surface area contributed by atoms with Crippen molar-refractivity contribution in [3.8, 4) is 11.8 Å². The lowest BCUT2D eigenvalue weighted by Crippen LogP contribution is -2.17. The number of rotatable bonds is 6. The average Bonchev–Trinajstić information content (AvgIpc) is 2.75. The third kappa shape index (κ3) is 5.38. The fraction of sp³-hybridized carbons (Fsp3) is 0.0870. The Hall–Kier alpha value is -3.33. The van der Waals surface area contributed by atoms with E-state index in [1.807, 2.05) is 19.1 Å². The Morgan fingerprint density at radius 2 is 1.93 bits per heavy atom. The molecule has 1 amide bonds. The van der Waals surface area contributed by atoms with Gasteiger partial charge in [-0.1, -0.05) is 47.5 Å². The highest BCUT2D eigenvalue weighted by Crippen LogP contribution is 2.26. The van der Waals surface area contributed by atoms with Crippen molar-refractivity contribution in [3.05, 3.63) is 98.5 Å². The molecular formula is C23H17Cl2N3O2. The summed E-state index contributed by atoms with van der Waals surface area (Å²) in [6, 6.07) is 19.5. The molecule has 0 aliphatic rings. The number of aryl methyl sites for hydroxylation is 1. The molecule has 0 radical (unpaired) electrons. The van der Waals surface area contributed by atoms with Gasteiger partial charge in [0.15, 0.2) is 0 Å². The lowest BCUT2D eigenvalue weighted by molar-refractivity contribution is 0.0955. The summed E-state index contributed by atoms with van der Waals surface area (Å²) in [4.78, 5) is 12.1. The minimum absolute atomic E-state index is 0.228. The predicted molar refractivity (Wildman–Crippen MR) is 118 cm³/mol. The van der Waals surface area contributed by atoms with Crippen molar-refractivity contribution in [1.82, 2.24) is 5.43 Å². The summed E-state index contributed by atoms with van der Waals surface area (Å²) in [7, 11) is 0. The van der Waals surface area contributed by atoms with E-state index in [-0.39, 0.29) is 12.5 Å². The van der Waals surface area contributed by atoms with E-state index in [9.17, 15) is 4.79 Å². The number of nitriles is 1. The molecule has 3 aromatic carbocycles. The summed E-state index contributed by atoms with van der Waals surface area (Å²) in [5, 5.41) is 14.0. The number of carbonyl (C=O) groups is 1. The van der Waals surface area contributed by atoms with Crippen molar-refractivity contribution in [2.24, 2.45) is 5.10 Å². The maximum atomic E-state index is 12.1. The third-order valence-electron chi connectivity index (χ3n) is 4.29. The van der Waals surface area contributed by atoms with Gasteiger partial charge in [0.25, 0.3) is 5.91 Å². The number of nitrogens with one attached hydrogen (secondary N) is 1. The van der Waals surface area contributed by atoms with Crippen LogP contribution in [0.1, 0.15) is 32.6 Å². The Labute approximate surface area is 184 Å². The summed E-state index contributed by atoms with van der Waals surface area (Å²) < 4.78 is 5.73. The van der Waals surface area contributed by atoms with E-state index < -0.39 is 0 Å². The molecule has 0 spiro atoms. The zero-order valence-corrected chi connectivity index (χ0v) is 17.5. The van der Waals surface area contributed by atoms with Gasteiger partial charge in [0.2, 0.25) is 0 Å². The van der Waals surface area contributed by atoms with Gasteiger partial charge in [0.05, 0.1) is 22.9 Å². The number of amides is 1. The Bertz CT molecular complexity index is 1150. The molecule has 3 aromatic rings. The highest BCUT2D eigenvalue weighted by molar-refractivity contribution is 6.32. The van der Waals surface area contributed by atoms with Gasteiger partial charge < -0.3 is 4.74 Å². The highest BCUT2D eigenvalue weighted by Gasteiger charge is 2.07. The first-order chi connectivity index (χ1) is 14.5. The molecule has 7 heteroatoms. The van der Waals surface area contributed by atoms with E-state index in [1.54, 1.807) is 48.5 Å². The Kier molecular flexibility index (Phi) is 7.08. The minimum Gasteiger partial charge on any atom is -0.487 e. The fourth-order valence-electron chi connectivity index (χ4n) is 2.59. The number of ether oxygens (including phenoxy) is 1. The van der Waals surface area contributed by atoms with Crippen LogP contribution < -0.4 is 10.2 Å². The molecule has 3 rings (SSSR count). The topological polar surface area (TPSA) is 74.5 Å². The van der Waals surface area contributed by atoms with E-state index >= 15 is 0 Å². The molecule has 0 saturated heterocycles. The molecule has 0 heterocycles. The van der Waals surface area contributed by atoms with Crippen molar-refractivity contribution < 1.29 is 9.53 Å². The smallest absolute Gasteiger partial charge is 0.271 e. The molecule has 0 saturated carbocycles. The summed E-state index contributed by atoms with van der Waals surface area (Å²) >= 11 is 12.3. The van der Waals surface area contributed by atoms with Gasteiger partial charge in [0, 0.05) is 16.1 Å². The predicted octanol–water partition coefficient (Wildman–Crippen LogP) is 5.52.